The van der Waals surface area contributed by atoms with Crippen molar-refractivity contribution in [1.29, 1.82) is 0 Å². The molecule has 0 aromatic heterocycles. The van der Waals surface area contributed by atoms with Crippen LogP contribution >= 0.6 is 0 Å². The molecule has 0 rings (SSSR count). The molecule has 0 aliphatic carbocycles. The third-order valence-electron chi connectivity index (χ3n) is 1.21. The largest absolute Gasteiger partial charge is 0.399 e. The fourth-order valence-electron chi connectivity index (χ4n) is 0.518. The van der Waals surface area contributed by atoms with Crippen molar-refractivity contribution in [1.82, 2.24) is 0 Å². The second kappa shape index (κ2) is 4.09. The average molecular weight is 143 g/mol. The van der Waals surface area contributed by atoms with Crippen molar-refractivity contribution in [3.8, 4) is 0 Å². The van der Waals surface area contributed by atoms with Gasteiger partial charge in [-0.2, -0.15) is 0 Å². The minimum absolute atomic E-state index is 0.0798. The van der Waals surface area contributed by atoms with E-state index in [0.717, 1.165) is 0 Å². The summed E-state index contributed by atoms with van der Waals surface area (Å²) in [5.74, 6) is -0.242. The minimum atomic E-state index is -0.322. The molecule has 0 radical (unpaired) electrons. The highest BCUT2D eigenvalue weighted by atomic mass is 19.1. The summed E-state index contributed by atoms with van der Waals surface area (Å²) in [7, 11) is 0. The SMILES string of the molecule is C/C=C\C(F)=C(\N)C(C)C. The molecule has 2 heteroatoms. The summed E-state index contributed by atoms with van der Waals surface area (Å²) in [6, 6.07) is 0. The highest BCUT2D eigenvalue weighted by Crippen LogP contribution is 2.10. The van der Waals surface area contributed by atoms with E-state index in [9.17, 15) is 4.39 Å². The van der Waals surface area contributed by atoms with Gasteiger partial charge in [-0.15, -0.1) is 0 Å². The summed E-state index contributed by atoms with van der Waals surface area (Å²) in [5.41, 5.74) is 5.72. The first-order valence-corrected chi connectivity index (χ1v) is 3.37. The van der Waals surface area contributed by atoms with Gasteiger partial charge in [-0.05, 0) is 18.9 Å². The Morgan fingerprint density at radius 3 is 2.30 bits per heavy atom. The average Bonchev–Trinajstić information content (AvgIpc) is 1.87. The Balaban J connectivity index is 4.34. The number of halogens is 1. The lowest BCUT2D eigenvalue weighted by Crippen LogP contribution is -2.06. The Morgan fingerprint density at radius 2 is 2.00 bits per heavy atom. The molecule has 0 heterocycles. The molecule has 0 unspecified atom stereocenters. The zero-order chi connectivity index (χ0) is 8.15. The zero-order valence-electron chi connectivity index (χ0n) is 6.69. The minimum Gasteiger partial charge on any atom is -0.399 e. The lowest BCUT2D eigenvalue weighted by molar-refractivity contribution is 0.614. The predicted octanol–water partition coefficient (Wildman–Crippen LogP) is 2.36. The van der Waals surface area contributed by atoms with Crippen LogP contribution in [-0.2, 0) is 0 Å². The molecule has 1 nitrogen and oxygen atoms in total. The van der Waals surface area contributed by atoms with E-state index in [2.05, 4.69) is 0 Å². The smallest absolute Gasteiger partial charge is 0.141 e. The van der Waals surface area contributed by atoms with Crippen LogP contribution in [0.3, 0.4) is 0 Å². The Labute approximate surface area is 61.4 Å². The van der Waals surface area contributed by atoms with Crippen LogP contribution in [0.25, 0.3) is 0 Å². The van der Waals surface area contributed by atoms with Crippen molar-refractivity contribution in [2.24, 2.45) is 11.7 Å². The van der Waals surface area contributed by atoms with E-state index in [1.54, 1.807) is 13.0 Å². The Hall–Kier alpha value is -0.790. The summed E-state index contributed by atoms with van der Waals surface area (Å²) < 4.78 is 12.7. The summed E-state index contributed by atoms with van der Waals surface area (Å²) >= 11 is 0. The van der Waals surface area contributed by atoms with Gasteiger partial charge in [-0.1, -0.05) is 19.9 Å². The third kappa shape index (κ3) is 2.67. The van der Waals surface area contributed by atoms with E-state index < -0.39 is 0 Å². The first kappa shape index (κ1) is 9.21. The Kier molecular flexibility index (Phi) is 3.77. The summed E-state index contributed by atoms with van der Waals surface area (Å²) in [4.78, 5) is 0. The van der Waals surface area contributed by atoms with Crippen LogP contribution in [0.2, 0.25) is 0 Å². The fourth-order valence-corrected chi connectivity index (χ4v) is 0.518. The van der Waals surface area contributed by atoms with Crippen molar-refractivity contribution in [3.05, 3.63) is 23.7 Å². The van der Waals surface area contributed by atoms with E-state index in [1.165, 1.54) is 6.08 Å². The molecule has 0 aromatic carbocycles. The van der Waals surface area contributed by atoms with Gasteiger partial charge in [0, 0.05) is 5.70 Å². The van der Waals surface area contributed by atoms with Gasteiger partial charge < -0.3 is 5.73 Å². The van der Waals surface area contributed by atoms with Gasteiger partial charge in [0.15, 0.2) is 0 Å². The van der Waals surface area contributed by atoms with Crippen molar-refractivity contribution < 1.29 is 4.39 Å². The number of nitrogens with two attached hydrogens (primary N) is 1. The summed E-state index contributed by atoms with van der Waals surface area (Å²) in [5, 5.41) is 0. The van der Waals surface area contributed by atoms with E-state index >= 15 is 0 Å². The van der Waals surface area contributed by atoms with Crippen molar-refractivity contribution in [2.45, 2.75) is 20.8 Å². The molecular formula is C8H14FN. The van der Waals surface area contributed by atoms with E-state index in [-0.39, 0.29) is 11.7 Å². The molecule has 2 N–H and O–H groups in total. The summed E-state index contributed by atoms with van der Waals surface area (Å²) in [6.45, 7) is 5.48. The number of rotatable bonds is 2. The van der Waals surface area contributed by atoms with Gasteiger partial charge in [0.05, 0.1) is 0 Å². The van der Waals surface area contributed by atoms with Gasteiger partial charge in [0.2, 0.25) is 0 Å². The van der Waals surface area contributed by atoms with Crippen LogP contribution in [0.4, 0.5) is 4.39 Å². The van der Waals surface area contributed by atoms with Gasteiger partial charge in [-0.3, -0.25) is 0 Å². The predicted molar refractivity (Wildman–Crippen MR) is 42.0 cm³/mol. The molecule has 0 spiro atoms. The van der Waals surface area contributed by atoms with Crippen LogP contribution in [-0.4, -0.2) is 0 Å². The van der Waals surface area contributed by atoms with E-state index in [4.69, 9.17) is 5.73 Å². The number of allylic oxidation sites excluding steroid dienone is 4. The molecule has 0 atom stereocenters. The van der Waals surface area contributed by atoms with E-state index in [1.807, 2.05) is 13.8 Å². The van der Waals surface area contributed by atoms with Gasteiger partial charge >= 0.3 is 0 Å². The first-order valence-electron chi connectivity index (χ1n) is 3.37. The van der Waals surface area contributed by atoms with Crippen LogP contribution in [0, 0.1) is 5.92 Å². The first-order chi connectivity index (χ1) is 4.59. The second-order valence-electron chi connectivity index (χ2n) is 2.46. The topological polar surface area (TPSA) is 26.0 Å². The zero-order valence-corrected chi connectivity index (χ0v) is 6.69. The van der Waals surface area contributed by atoms with Crippen molar-refractivity contribution >= 4 is 0 Å². The molecule has 0 bridgehead atoms. The molecule has 10 heavy (non-hydrogen) atoms. The summed E-state index contributed by atoms with van der Waals surface area (Å²) in [6.07, 6.45) is 3.00. The molecule has 0 aromatic rings. The lowest BCUT2D eigenvalue weighted by atomic mass is 10.1. The van der Waals surface area contributed by atoms with Crippen molar-refractivity contribution in [2.75, 3.05) is 0 Å². The second-order valence-corrected chi connectivity index (χ2v) is 2.46. The molecule has 58 valence electrons. The Bertz CT molecular complexity index is 157. The van der Waals surface area contributed by atoms with Crippen LogP contribution < -0.4 is 5.73 Å². The van der Waals surface area contributed by atoms with Gasteiger partial charge in [0.1, 0.15) is 5.83 Å². The van der Waals surface area contributed by atoms with Gasteiger partial charge in [-0.25, -0.2) is 4.39 Å². The number of hydrogen-bond donors (Lipinski definition) is 1. The standard InChI is InChI=1S/C8H14FN/c1-4-5-7(9)8(10)6(2)3/h4-6H,10H2,1-3H3/b5-4-,8-7-. The number of hydrogen-bond acceptors (Lipinski definition) is 1. The molecule has 0 saturated heterocycles. The molecule has 0 saturated carbocycles. The molecular weight excluding hydrogens is 129 g/mol. The quantitative estimate of drug-likeness (QED) is 0.590. The maximum atomic E-state index is 12.7. The third-order valence-corrected chi connectivity index (χ3v) is 1.21. The van der Waals surface area contributed by atoms with Crippen LogP contribution in [0.5, 0.6) is 0 Å². The highest BCUT2D eigenvalue weighted by molar-refractivity contribution is 5.17. The molecule has 0 aliphatic heterocycles. The van der Waals surface area contributed by atoms with Crippen LogP contribution in [0.15, 0.2) is 23.7 Å². The molecule has 0 aliphatic rings. The highest BCUT2D eigenvalue weighted by Gasteiger charge is 2.02. The van der Waals surface area contributed by atoms with E-state index in [0.29, 0.717) is 5.70 Å². The van der Waals surface area contributed by atoms with Crippen LogP contribution in [0.1, 0.15) is 20.8 Å². The van der Waals surface area contributed by atoms with Gasteiger partial charge in [0.25, 0.3) is 0 Å². The lowest BCUT2D eigenvalue weighted by Gasteiger charge is -2.03. The normalized spacial score (nSPS) is 14.5. The van der Waals surface area contributed by atoms with Crippen molar-refractivity contribution in [3.63, 3.8) is 0 Å². The Morgan fingerprint density at radius 1 is 1.50 bits per heavy atom. The molecule has 0 amide bonds. The monoisotopic (exact) mass is 143 g/mol. The molecule has 0 fully saturated rings. The fraction of sp³-hybridized carbons (Fsp3) is 0.500. The maximum absolute atomic E-state index is 12.7. The maximum Gasteiger partial charge on any atom is 0.141 e.